The van der Waals surface area contributed by atoms with E-state index in [1.54, 1.807) is 12.3 Å². The van der Waals surface area contributed by atoms with Crippen LogP contribution in [0.2, 0.25) is 0 Å². The number of halogens is 1. The van der Waals surface area contributed by atoms with E-state index in [-0.39, 0.29) is 5.78 Å². The fourth-order valence-electron chi connectivity index (χ4n) is 0.421. The van der Waals surface area contributed by atoms with Crippen LogP contribution in [-0.4, -0.2) is 10.8 Å². The van der Waals surface area contributed by atoms with Gasteiger partial charge < -0.3 is 10.5 Å². The highest BCUT2D eigenvalue weighted by Gasteiger charge is 1.84. The zero-order valence-electron chi connectivity index (χ0n) is 7.04. The van der Waals surface area contributed by atoms with E-state index in [4.69, 9.17) is 5.73 Å². The Bertz CT molecular complexity index is 242. The molecule has 0 saturated heterocycles. The number of rotatable bonds is 0. The van der Waals surface area contributed by atoms with Gasteiger partial charge in [0.1, 0.15) is 11.6 Å². The zero-order chi connectivity index (χ0) is 9.56. The van der Waals surface area contributed by atoms with Crippen LogP contribution >= 0.6 is 15.9 Å². The highest BCUT2D eigenvalue weighted by molar-refractivity contribution is 9.10. The predicted octanol–water partition coefficient (Wildman–Crippen LogP) is 2.02. The average molecular weight is 231 g/mol. The Balaban J connectivity index is 0.000000261. The molecule has 0 atom stereocenters. The second-order valence-electron chi connectivity index (χ2n) is 2.31. The Hall–Kier alpha value is -0.900. The van der Waals surface area contributed by atoms with Crippen LogP contribution in [-0.2, 0) is 4.79 Å². The molecule has 0 radical (unpaired) electrons. The number of Topliss-reactive ketones (excluding diaryl/α,β-unsaturated/α-hetero) is 1. The molecule has 0 saturated carbocycles. The van der Waals surface area contributed by atoms with Gasteiger partial charge in [0.15, 0.2) is 0 Å². The van der Waals surface area contributed by atoms with Crippen LogP contribution in [0.4, 0.5) is 5.82 Å². The van der Waals surface area contributed by atoms with Gasteiger partial charge in [-0.25, -0.2) is 4.98 Å². The van der Waals surface area contributed by atoms with Crippen molar-refractivity contribution in [3.05, 3.63) is 22.8 Å². The molecule has 1 rings (SSSR count). The summed E-state index contributed by atoms with van der Waals surface area (Å²) < 4.78 is 0.963. The summed E-state index contributed by atoms with van der Waals surface area (Å²) in [4.78, 5) is 13.2. The molecule has 3 nitrogen and oxygen atoms in total. The van der Waals surface area contributed by atoms with Crippen molar-refractivity contribution in [3.63, 3.8) is 0 Å². The first-order valence-corrected chi connectivity index (χ1v) is 4.16. The van der Waals surface area contributed by atoms with Crippen LogP contribution in [0.3, 0.4) is 0 Å². The molecule has 0 bridgehead atoms. The van der Waals surface area contributed by atoms with Crippen molar-refractivity contribution in [2.45, 2.75) is 13.8 Å². The van der Waals surface area contributed by atoms with Crippen molar-refractivity contribution in [2.75, 3.05) is 5.73 Å². The number of nitrogen functional groups attached to an aromatic ring is 1. The highest BCUT2D eigenvalue weighted by atomic mass is 79.9. The van der Waals surface area contributed by atoms with Gasteiger partial charge in [0.2, 0.25) is 0 Å². The summed E-state index contributed by atoms with van der Waals surface area (Å²) in [6.45, 7) is 3.06. The number of nitrogens with zero attached hydrogens (tertiary/aromatic N) is 1. The Kier molecular flexibility index (Phi) is 5.28. The SMILES string of the molecule is CC(C)=O.Nc1cc(Br)ccn1. The van der Waals surface area contributed by atoms with Crippen molar-refractivity contribution in [1.29, 1.82) is 0 Å². The maximum atomic E-state index is 9.44. The number of hydrogen-bond donors (Lipinski definition) is 1. The van der Waals surface area contributed by atoms with E-state index in [0.717, 1.165) is 4.47 Å². The van der Waals surface area contributed by atoms with Crippen LogP contribution in [0.1, 0.15) is 13.8 Å². The lowest BCUT2D eigenvalue weighted by atomic mass is 10.5. The number of pyridine rings is 1. The van der Waals surface area contributed by atoms with Gasteiger partial charge in [-0.2, -0.15) is 0 Å². The fourth-order valence-corrected chi connectivity index (χ4v) is 0.774. The van der Waals surface area contributed by atoms with Crippen molar-refractivity contribution in [3.8, 4) is 0 Å². The number of ketones is 1. The zero-order valence-corrected chi connectivity index (χ0v) is 8.63. The molecule has 0 fully saturated rings. The summed E-state index contributed by atoms with van der Waals surface area (Å²) >= 11 is 3.24. The smallest absolute Gasteiger partial charge is 0.126 e. The second-order valence-corrected chi connectivity index (χ2v) is 3.22. The third kappa shape index (κ3) is 7.21. The third-order valence-electron chi connectivity index (χ3n) is 0.743. The lowest BCUT2D eigenvalue weighted by Crippen LogP contribution is -1.86. The quantitative estimate of drug-likeness (QED) is 0.743. The van der Waals surface area contributed by atoms with E-state index in [0.29, 0.717) is 5.82 Å². The molecule has 1 aromatic heterocycles. The molecule has 0 aromatic carbocycles. The third-order valence-corrected chi connectivity index (χ3v) is 1.24. The largest absolute Gasteiger partial charge is 0.384 e. The van der Waals surface area contributed by atoms with Crippen LogP contribution in [0, 0.1) is 0 Å². The molecule has 0 amide bonds. The van der Waals surface area contributed by atoms with Gasteiger partial charge in [-0.3, -0.25) is 0 Å². The summed E-state index contributed by atoms with van der Waals surface area (Å²) in [5, 5.41) is 0. The highest BCUT2D eigenvalue weighted by Crippen LogP contribution is 2.09. The second kappa shape index (κ2) is 5.71. The molecule has 0 aliphatic heterocycles. The predicted molar refractivity (Wildman–Crippen MR) is 52.7 cm³/mol. The van der Waals surface area contributed by atoms with Crippen LogP contribution in [0.15, 0.2) is 22.8 Å². The number of hydrogen-bond acceptors (Lipinski definition) is 3. The Morgan fingerprint density at radius 3 is 2.33 bits per heavy atom. The summed E-state index contributed by atoms with van der Waals surface area (Å²) in [7, 11) is 0. The minimum atomic E-state index is 0.167. The number of aromatic nitrogens is 1. The average Bonchev–Trinajstić information content (AvgIpc) is 1.84. The molecular formula is C8H11BrN2O. The molecule has 0 unspecified atom stereocenters. The molecule has 66 valence electrons. The maximum absolute atomic E-state index is 9.44. The Morgan fingerprint density at radius 1 is 1.58 bits per heavy atom. The van der Waals surface area contributed by atoms with Crippen LogP contribution < -0.4 is 5.73 Å². The van der Waals surface area contributed by atoms with E-state index >= 15 is 0 Å². The van der Waals surface area contributed by atoms with Gasteiger partial charge in [-0.15, -0.1) is 0 Å². The van der Waals surface area contributed by atoms with E-state index < -0.39 is 0 Å². The van der Waals surface area contributed by atoms with E-state index in [9.17, 15) is 4.79 Å². The Morgan fingerprint density at radius 2 is 2.08 bits per heavy atom. The maximum Gasteiger partial charge on any atom is 0.126 e. The van der Waals surface area contributed by atoms with Crippen molar-refractivity contribution in [2.24, 2.45) is 0 Å². The lowest BCUT2D eigenvalue weighted by Gasteiger charge is -1.88. The molecule has 12 heavy (non-hydrogen) atoms. The molecule has 1 aromatic rings. The minimum absolute atomic E-state index is 0.167. The van der Waals surface area contributed by atoms with Crippen LogP contribution in [0.5, 0.6) is 0 Å². The van der Waals surface area contributed by atoms with E-state index in [1.165, 1.54) is 13.8 Å². The molecular weight excluding hydrogens is 220 g/mol. The van der Waals surface area contributed by atoms with E-state index in [2.05, 4.69) is 20.9 Å². The summed E-state index contributed by atoms with van der Waals surface area (Å²) in [6.07, 6.45) is 1.65. The van der Waals surface area contributed by atoms with Gasteiger partial charge in [0.05, 0.1) is 0 Å². The number of carbonyl (C=O) groups excluding carboxylic acids is 1. The summed E-state index contributed by atoms with van der Waals surface area (Å²) in [5.41, 5.74) is 5.32. The molecule has 2 N–H and O–H groups in total. The summed E-state index contributed by atoms with van der Waals surface area (Å²) in [5.74, 6) is 0.708. The number of nitrogens with two attached hydrogens (primary N) is 1. The van der Waals surface area contributed by atoms with Crippen molar-refractivity contribution in [1.82, 2.24) is 4.98 Å². The molecule has 0 aliphatic rings. The molecule has 4 heteroatoms. The minimum Gasteiger partial charge on any atom is -0.384 e. The van der Waals surface area contributed by atoms with Gasteiger partial charge in [0.25, 0.3) is 0 Å². The first-order chi connectivity index (χ1) is 5.52. The van der Waals surface area contributed by atoms with Gasteiger partial charge in [-0.1, -0.05) is 15.9 Å². The van der Waals surface area contributed by atoms with Crippen molar-refractivity contribution >= 4 is 27.5 Å². The van der Waals surface area contributed by atoms with Crippen LogP contribution in [0.25, 0.3) is 0 Å². The number of carbonyl (C=O) groups is 1. The molecule has 0 spiro atoms. The Labute approximate surface area is 80.1 Å². The first kappa shape index (κ1) is 11.1. The van der Waals surface area contributed by atoms with Gasteiger partial charge in [-0.05, 0) is 26.0 Å². The van der Waals surface area contributed by atoms with E-state index in [1.807, 2.05) is 6.07 Å². The number of anilines is 1. The van der Waals surface area contributed by atoms with Crippen molar-refractivity contribution < 1.29 is 4.79 Å². The normalized spacial score (nSPS) is 8.25. The lowest BCUT2D eigenvalue weighted by molar-refractivity contribution is -0.114. The standard InChI is InChI=1S/C5H5BrN2.C3H6O/c6-4-1-2-8-5(7)3-4;1-3(2)4/h1-3H,(H2,7,8);1-2H3. The monoisotopic (exact) mass is 230 g/mol. The van der Waals surface area contributed by atoms with Gasteiger partial charge in [0, 0.05) is 10.7 Å². The van der Waals surface area contributed by atoms with Gasteiger partial charge >= 0.3 is 0 Å². The topological polar surface area (TPSA) is 56.0 Å². The molecule has 0 aliphatic carbocycles. The summed E-state index contributed by atoms with van der Waals surface area (Å²) in [6, 6.07) is 3.58. The molecule has 1 heterocycles. The first-order valence-electron chi connectivity index (χ1n) is 3.36. The fraction of sp³-hybridized carbons (Fsp3) is 0.250.